The fourth-order valence-corrected chi connectivity index (χ4v) is 2.89. The molecule has 2 N–H and O–H groups in total. The Morgan fingerprint density at radius 2 is 2.31 bits per heavy atom. The minimum atomic E-state index is -0.254. The molecule has 92 valence electrons. The molecule has 0 aliphatic heterocycles. The number of nitrogens with one attached hydrogen (secondary N) is 1. The first kappa shape index (κ1) is 13.8. The molecule has 3 nitrogen and oxygen atoms in total. The van der Waals surface area contributed by atoms with Crippen LogP contribution in [0.1, 0.15) is 32.1 Å². The molecule has 16 heavy (non-hydrogen) atoms. The summed E-state index contributed by atoms with van der Waals surface area (Å²) in [6.45, 7) is 7.00. The van der Waals surface area contributed by atoms with E-state index in [0.29, 0.717) is 0 Å². The van der Waals surface area contributed by atoms with E-state index in [1.807, 2.05) is 20.0 Å². The van der Waals surface area contributed by atoms with Gasteiger partial charge in [-0.15, -0.1) is 11.3 Å². The van der Waals surface area contributed by atoms with Crippen molar-refractivity contribution in [3.63, 3.8) is 0 Å². The fourth-order valence-electron chi connectivity index (χ4n) is 1.04. The van der Waals surface area contributed by atoms with E-state index in [1.165, 1.54) is 4.88 Å². The average molecular weight is 260 g/mol. The largest absolute Gasteiger partial charge is 0.392 e. The van der Waals surface area contributed by atoms with Crippen molar-refractivity contribution < 1.29 is 5.11 Å². The van der Waals surface area contributed by atoms with Gasteiger partial charge in [-0.1, -0.05) is 13.8 Å². The minimum Gasteiger partial charge on any atom is -0.392 e. The minimum absolute atomic E-state index is 0.254. The maximum absolute atomic E-state index is 9.37. The number of thiazole rings is 1. The van der Waals surface area contributed by atoms with Gasteiger partial charge < -0.3 is 10.4 Å². The molecule has 1 heterocycles. The summed E-state index contributed by atoms with van der Waals surface area (Å²) in [5.74, 6) is 0.928. The normalized spacial score (nSPS) is 14.8. The Hall–Kier alpha value is -0.260. The highest BCUT2D eigenvalue weighted by Crippen LogP contribution is 2.25. The maximum Gasteiger partial charge on any atom is 0.182 e. The third kappa shape index (κ3) is 4.72. The summed E-state index contributed by atoms with van der Waals surface area (Å²) in [6, 6.07) is 0. The van der Waals surface area contributed by atoms with E-state index in [0.717, 1.165) is 23.8 Å². The number of hydrogen-bond acceptors (Lipinski definition) is 5. The van der Waals surface area contributed by atoms with Crippen molar-refractivity contribution in [3.8, 4) is 0 Å². The number of rotatable bonds is 7. The Kier molecular flexibility index (Phi) is 6.16. The van der Waals surface area contributed by atoms with Gasteiger partial charge in [0.2, 0.25) is 0 Å². The fraction of sp³-hybridized carbons (Fsp3) is 0.727. The molecule has 5 heteroatoms. The van der Waals surface area contributed by atoms with Crippen LogP contribution in [0.25, 0.3) is 0 Å². The molecule has 1 rings (SSSR count). The summed E-state index contributed by atoms with van der Waals surface area (Å²) >= 11 is 3.47. The van der Waals surface area contributed by atoms with Gasteiger partial charge in [-0.05, 0) is 13.3 Å². The second kappa shape index (κ2) is 7.14. The lowest BCUT2D eigenvalue weighted by Crippen LogP contribution is -2.15. The van der Waals surface area contributed by atoms with Gasteiger partial charge in [0.25, 0.3) is 0 Å². The third-order valence-electron chi connectivity index (χ3n) is 2.25. The molecular formula is C11H20N2OS2. The number of aliphatic hydroxyl groups excluding tert-OH is 1. The van der Waals surface area contributed by atoms with Crippen LogP contribution in [0.4, 0.5) is 5.13 Å². The predicted octanol–water partition coefficient (Wildman–Crippen LogP) is 2.97. The lowest BCUT2D eigenvalue weighted by atomic mass is 10.3. The van der Waals surface area contributed by atoms with Crippen molar-refractivity contribution in [1.82, 2.24) is 4.98 Å². The molecule has 0 bridgehead atoms. The topological polar surface area (TPSA) is 45.2 Å². The van der Waals surface area contributed by atoms with E-state index in [2.05, 4.69) is 17.2 Å². The Morgan fingerprint density at radius 1 is 1.56 bits per heavy atom. The van der Waals surface area contributed by atoms with Crippen molar-refractivity contribution in [2.75, 3.05) is 11.9 Å². The van der Waals surface area contributed by atoms with Crippen molar-refractivity contribution >= 4 is 28.2 Å². The highest BCUT2D eigenvalue weighted by Gasteiger charge is 2.10. The molecule has 0 spiro atoms. The summed E-state index contributed by atoms with van der Waals surface area (Å²) < 4.78 is 0. The number of nitrogens with zero attached hydrogens (tertiary/aromatic N) is 1. The number of thioether (sulfide) groups is 1. The molecule has 0 amide bonds. The van der Waals surface area contributed by atoms with Gasteiger partial charge in [0.1, 0.15) is 0 Å². The zero-order chi connectivity index (χ0) is 12.0. The number of aliphatic hydroxyl groups is 1. The predicted molar refractivity (Wildman–Crippen MR) is 73.3 cm³/mol. The Balaban J connectivity index is 2.34. The van der Waals surface area contributed by atoms with Crippen LogP contribution >= 0.6 is 23.1 Å². The van der Waals surface area contributed by atoms with Crippen molar-refractivity contribution in [3.05, 3.63) is 11.1 Å². The highest BCUT2D eigenvalue weighted by atomic mass is 32.2. The van der Waals surface area contributed by atoms with E-state index in [4.69, 9.17) is 0 Å². The zero-order valence-corrected chi connectivity index (χ0v) is 11.7. The summed E-state index contributed by atoms with van der Waals surface area (Å²) in [5.41, 5.74) is 0. The molecule has 0 radical (unpaired) electrons. The standard InChI is InChI=1S/C11H20N2OS2/c1-4-5-12-11-13-6-10(16-11)7-15-9(3)8(2)14/h6,8-9,14H,4-5,7H2,1-3H3,(H,12,13). The van der Waals surface area contributed by atoms with Gasteiger partial charge in [-0.2, -0.15) is 11.8 Å². The molecule has 0 saturated carbocycles. The van der Waals surface area contributed by atoms with E-state index in [9.17, 15) is 5.11 Å². The zero-order valence-electron chi connectivity index (χ0n) is 10.1. The average Bonchev–Trinajstić information content (AvgIpc) is 2.70. The molecule has 2 atom stereocenters. The van der Waals surface area contributed by atoms with Crippen LogP contribution in [0, 0.1) is 0 Å². The van der Waals surface area contributed by atoms with Crippen molar-refractivity contribution in [2.45, 2.75) is 44.3 Å². The third-order valence-corrected chi connectivity index (χ3v) is 4.78. The highest BCUT2D eigenvalue weighted by molar-refractivity contribution is 7.99. The summed E-state index contributed by atoms with van der Waals surface area (Å²) in [4.78, 5) is 5.57. The van der Waals surface area contributed by atoms with Gasteiger partial charge in [0.15, 0.2) is 5.13 Å². The van der Waals surface area contributed by atoms with Crippen molar-refractivity contribution in [1.29, 1.82) is 0 Å². The summed E-state index contributed by atoms with van der Waals surface area (Å²) in [6.07, 6.45) is 2.78. The molecule has 0 aliphatic carbocycles. The second-order valence-electron chi connectivity index (χ2n) is 3.82. The van der Waals surface area contributed by atoms with Crippen LogP contribution < -0.4 is 5.32 Å². The van der Waals surface area contributed by atoms with E-state index in [-0.39, 0.29) is 11.4 Å². The van der Waals surface area contributed by atoms with E-state index < -0.39 is 0 Å². The first-order valence-electron chi connectivity index (χ1n) is 5.61. The monoisotopic (exact) mass is 260 g/mol. The lowest BCUT2D eigenvalue weighted by Gasteiger charge is -2.12. The van der Waals surface area contributed by atoms with Crippen LogP contribution in [0.3, 0.4) is 0 Å². The van der Waals surface area contributed by atoms with Gasteiger partial charge in [-0.25, -0.2) is 4.98 Å². The molecular weight excluding hydrogens is 240 g/mol. The molecule has 0 aromatic carbocycles. The number of hydrogen-bond donors (Lipinski definition) is 2. The molecule has 2 unspecified atom stereocenters. The Labute approximate surface area is 106 Å². The van der Waals surface area contributed by atoms with Gasteiger partial charge in [0, 0.05) is 28.6 Å². The smallest absolute Gasteiger partial charge is 0.182 e. The quantitative estimate of drug-likeness (QED) is 0.791. The summed E-state index contributed by atoms with van der Waals surface area (Å²) in [7, 11) is 0. The maximum atomic E-state index is 9.37. The molecule has 0 fully saturated rings. The second-order valence-corrected chi connectivity index (χ2v) is 6.30. The SMILES string of the molecule is CCCNc1ncc(CSC(C)C(C)O)s1. The molecule has 1 aromatic rings. The number of aromatic nitrogens is 1. The Bertz CT molecular complexity index is 302. The van der Waals surface area contributed by atoms with Crippen LogP contribution in [-0.4, -0.2) is 28.0 Å². The van der Waals surface area contributed by atoms with Crippen LogP contribution in [0.2, 0.25) is 0 Å². The van der Waals surface area contributed by atoms with Crippen LogP contribution in [0.15, 0.2) is 6.20 Å². The van der Waals surface area contributed by atoms with E-state index >= 15 is 0 Å². The van der Waals surface area contributed by atoms with E-state index in [1.54, 1.807) is 23.1 Å². The molecule has 0 aliphatic rings. The molecule has 0 saturated heterocycles. The van der Waals surface area contributed by atoms with Gasteiger partial charge >= 0.3 is 0 Å². The Morgan fingerprint density at radius 3 is 2.94 bits per heavy atom. The first-order chi connectivity index (χ1) is 7.63. The van der Waals surface area contributed by atoms with Gasteiger partial charge in [-0.3, -0.25) is 0 Å². The molecule has 1 aromatic heterocycles. The summed E-state index contributed by atoms with van der Waals surface area (Å²) in [5, 5.41) is 13.9. The van der Waals surface area contributed by atoms with Crippen LogP contribution in [0.5, 0.6) is 0 Å². The number of anilines is 1. The lowest BCUT2D eigenvalue weighted by molar-refractivity contribution is 0.196. The first-order valence-corrected chi connectivity index (χ1v) is 7.48. The van der Waals surface area contributed by atoms with Crippen molar-refractivity contribution in [2.24, 2.45) is 0 Å². The van der Waals surface area contributed by atoms with Crippen LogP contribution in [-0.2, 0) is 5.75 Å². The van der Waals surface area contributed by atoms with Gasteiger partial charge in [0.05, 0.1) is 6.10 Å².